The highest BCUT2D eigenvalue weighted by molar-refractivity contribution is 7.15. The molecule has 19 heteroatoms. The van der Waals surface area contributed by atoms with Gasteiger partial charge in [-0.25, -0.2) is 9.37 Å². The van der Waals surface area contributed by atoms with Crippen LogP contribution < -0.4 is 15.4 Å². The molecule has 3 N–H and O–H groups in total. The van der Waals surface area contributed by atoms with Gasteiger partial charge in [0.1, 0.15) is 47.1 Å². The number of aliphatic hydroxyl groups is 1. The minimum atomic E-state index is -0.893. The van der Waals surface area contributed by atoms with Crippen molar-refractivity contribution in [1.82, 2.24) is 45.1 Å². The van der Waals surface area contributed by atoms with Gasteiger partial charge in [-0.1, -0.05) is 61.8 Å². The van der Waals surface area contributed by atoms with Gasteiger partial charge in [0.25, 0.3) is 0 Å². The Labute approximate surface area is 423 Å². The fourth-order valence-corrected chi connectivity index (χ4v) is 11.4. The molecule has 6 heterocycles. The number of thiophene rings is 1. The lowest BCUT2D eigenvalue weighted by atomic mass is 9.99. The van der Waals surface area contributed by atoms with Crippen molar-refractivity contribution in [2.24, 2.45) is 10.9 Å². The summed E-state index contributed by atoms with van der Waals surface area (Å²) in [5.74, 6) is -0.323. The van der Waals surface area contributed by atoms with Crippen LogP contribution in [0.5, 0.6) is 5.75 Å². The highest BCUT2D eigenvalue weighted by Crippen LogP contribution is 2.40. The van der Waals surface area contributed by atoms with E-state index in [4.69, 9.17) is 21.3 Å². The Bertz CT molecular complexity index is 3140. The number of β-amino-alcohol motifs (C(OH)–C–C–N with tert-alkyl or cyclic N) is 1. The van der Waals surface area contributed by atoms with Crippen LogP contribution in [0.1, 0.15) is 96.2 Å². The number of carbonyl (C=O) groups excluding carboxylic acids is 3. The zero-order chi connectivity index (χ0) is 50.2. The van der Waals surface area contributed by atoms with E-state index in [9.17, 15) is 19.5 Å². The van der Waals surface area contributed by atoms with E-state index in [1.807, 2.05) is 93.2 Å². The highest BCUT2D eigenvalue weighted by atomic mass is 35.5. The van der Waals surface area contributed by atoms with E-state index in [0.29, 0.717) is 27.8 Å². The predicted octanol–water partition coefficient (Wildman–Crippen LogP) is 8.86. The number of aromatic nitrogens is 6. The summed E-state index contributed by atoms with van der Waals surface area (Å²) in [6.45, 7) is 13.8. The van der Waals surface area contributed by atoms with Crippen LogP contribution >= 0.6 is 34.3 Å². The molecule has 71 heavy (non-hydrogen) atoms. The number of amides is 3. The first-order chi connectivity index (χ1) is 34.0. The van der Waals surface area contributed by atoms with Crippen molar-refractivity contribution in [3.05, 3.63) is 140 Å². The van der Waals surface area contributed by atoms with Crippen LogP contribution in [-0.2, 0) is 14.4 Å². The summed E-state index contributed by atoms with van der Waals surface area (Å²) < 4.78 is 24.7. The van der Waals surface area contributed by atoms with E-state index >= 15 is 4.39 Å². The lowest BCUT2D eigenvalue weighted by Crippen LogP contribution is -2.49. The molecule has 3 aromatic carbocycles. The van der Waals surface area contributed by atoms with Crippen LogP contribution in [0.15, 0.2) is 89.6 Å². The van der Waals surface area contributed by atoms with E-state index in [2.05, 4.69) is 44.8 Å². The third-order valence-electron chi connectivity index (χ3n) is 13.0. The average molecular weight is 1020 g/mol. The van der Waals surface area contributed by atoms with Crippen molar-refractivity contribution in [3.63, 3.8) is 0 Å². The number of fused-ring (bicyclic) bond motifs is 3. The largest absolute Gasteiger partial charge is 0.492 e. The second-order valence-electron chi connectivity index (χ2n) is 18.4. The maximum absolute atomic E-state index is 15.2. The molecule has 368 valence electrons. The zero-order valence-electron chi connectivity index (χ0n) is 40.3. The average Bonchev–Trinajstić information content (AvgIpc) is 4.19. The fraction of sp³-hybridized carbons (Fsp3) is 0.346. The Morgan fingerprint density at radius 1 is 0.958 bits per heavy atom. The van der Waals surface area contributed by atoms with Crippen molar-refractivity contribution in [1.29, 1.82) is 0 Å². The summed E-state index contributed by atoms with van der Waals surface area (Å²) in [7, 11) is 0. The maximum atomic E-state index is 15.2. The van der Waals surface area contributed by atoms with Gasteiger partial charge >= 0.3 is 0 Å². The molecule has 5 atom stereocenters. The van der Waals surface area contributed by atoms with Gasteiger partial charge in [-0.05, 0) is 87.1 Å². The molecule has 2 aliphatic rings. The molecule has 2 aliphatic heterocycles. The minimum absolute atomic E-state index is 0.00536. The summed E-state index contributed by atoms with van der Waals surface area (Å²) in [5.41, 5.74) is 9.38. The topological polar surface area (TPSA) is 182 Å². The molecule has 7 aromatic rings. The smallest absolute Gasteiger partial charge is 0.248 e. The van der Waals surface area contributed by atoms with Gasteiger partial charge in [0.05, 0.1) is 53.1 Å². The molecular weight excluding hydrogens is 963 g/mol. The molecule has 0 unspecified atom stereocenters. The summed E-state index contributed by atoms with van der Waals surface area (Å²) in [5, 5.41) is 31.7. The van der Waals surface area contributed by atoms with Gasteiger partial charge in [-0.15, -0.1) is 32.9 Å². The van der Waals surface area contributed by atoms with Crippen LogP contribution in [-0.4, -0.2) is 94.8 Å². The number of nitrogens with zero attached hydrogens (tertiary/aromatic N) is 8. The van der Waals surface area contributed by atoms with Gasteiger partial charge in [0.15, 0.2) is 5.82 Å². The first-order valence-corrected chi connectivity index (χ1v) is 25.5. The van der Waals surface area contributed by atoms with Crippen molar-refractivity contribution in [2.45, 2.75) is 91.6 Å². The van der Waals surface area contributed by atoms with E-state index < -0.39 is 30.0 Å². The van der Waals surface area contributed by atoms with Gasteiger partial charge in [-0.2, -0.15) is 5.10 Å². The van der Waals surface area contributed by atoms with Gasteiger partial charge < -0.3 is 25.4 Å². The lowest BCUT2D eigenvalue weighted by Gasteiger charge is -2.30. The van der Waals surface area contributed by atoms with Crippen LogP contribution in [0.4, 0.5) is 4.39 Å². The van der Waals surface area contributed by atoms with Crippen molar-refractivity contribution >= 4 is 57.7 Å². The third kappa shape index (κ3) is 10.3. The Hall–Kier alpha value is -6.60. The molecule has 9 rings (SSSR count). The van der Waals surface area contributed by atoms with E-state index in [-0.39, 0.29) is 68.0 Å². The van der Waals surface area contributed by atoms with E-state index in [0.717, 1.165) is 54.0 Å². The summed E-state index contributed by atoms with van der Waals surface area (Å²) >= 11 is 9.46. The SMILES string of the molecule is Cc1ncsc1-c1ccc([C@H](C)NC(=O)[C@@H]2C[C@@H](O)CN2C(=O)[C@H](C(C)C)n2cc(-c3cc(F)cc(OCCNC(=O)C[C@@H]4N=C(c5ccc(Cl)cc5)c5c(sc(C)c5C)-n5c(C)nnc54)c3)cn2)cc1. The molecule has 0 aliphatic carbocycles. The quantitative estimate of drug-likeness (QED) is 0.0846. The number of hydrogen-bond donors (Lipinski definition) is 3. The summed E-state index contributed by atoms with van der Waals surface area (Å²) in [4.78, 5) is 55.0. The number of aliphatic imine (C=N–C) groups is 1. The number of thiazole rings is 1. The first-order valence-electron chi connectivity index (χ1n) is 23.4. The third-order valence-corrected chi connectivity index (χ3v) is 15.5. The van der Waals surface area contributed by atoms with Crippen LogP contribution in [0.2, 0.25) is 5.02 Å². The molecular formula is C52H54ClFN10O5S2. The van der Waals surface area contributed by atoms with Gasteiger partial charge in [0, 0.05) is 51.8 Å². The Morgan fingerprint density at radius 2 is 1.70 bits per heavy atom. The normalized spacial score (nSPS) is 17.3. The van der Waals surface area contributed by atoms with Crippen LogP contribution in [0.25, 0.3) is 26.6 Å². The standard InChI is InChI=1S/C52H54ClFN10O5S2/c1-27(2)47(51(68)62-25-40(65)21-43(62)50(67)58-29(4)33-8-10-35(11-9-33)48-30(5)56-26-70-48)63-24-37(23-57-63)36-18-39(54)20-41(19-36)69-17-16-55-44(66)22-42-49-61-60-32(7)64(49)52-45(28(3)31(6)71-52)46(59-42)34-12-14-38(53)15-13-34/h8-15,18-20,23-24,26-27,29,40,42-43,47,65H,16-17,21-22,25H2,1-7H3,(H,55,66)(H,58,67)/t29-,40+,42-,43-,47-/m0/s1. The molecule has 15 nitrogen and oxygen atoms in total. The van der Waals surface area contributed by atoms with Crippen molar-refractivity contribution in [2.75, 3.05) is 19.7 Å². The van der Waals surface area contributed by atoms with Crippen LogP contribution in [0.3, 0.4) is 0 Å². The van der Waals surface area contributed by atoms with E-state index in [1.54, 1.807) is 41.1 Å². The van der Waals surface area contributed by atoms with Gasteiger partial charge in [0.2, 0.25) is 17.7 Å². The number of ether oxygens (including phenoxy) is 1. The molecule has 3 amide bonds. The second kappa shape index (κ2) is 20.6. The molecule has 0 radical (unpaired) electrons. The number of benzene rings is 3. The monoisotopic (exact) mass is 1020 g/mol. The maximum Gasteiger partial charge on any atom is 0.248 e. The zero-order valence-corrected chi connectivity index (χ0v) is 42.7. The molecule has 1 fully saturated rings. The van der Waals surface area contributed by atoms with Crippen molar-refractivity contribution in [3.8, 4) is 32.3 Å². The second-order valence-corrected chi connectivity index (χ2v) is 20.9. The van der Waals surface area contributed by atoms with Gasteiger partial charge in [-0.3, -0.25) is 28.6 Å². The summed E-state index contributed by atoms with van der Waals surface area (Å²) in [6.07, 6.45) is 2.42. The van der Waals surface area contributed by atoms with Crippen LogP contribution in [0, 0.1) is 39.4 Å². The summed E-state index contributed by atoms with van der Waals surface area (Å²) in [6, 6.07) is 17.0. The predicted molar refractivity (Wildman–Crippen MR) is 273 cm³/mol. The van der Waals surface area contributed by atoms with Crippen molar-refractivity contribution < 1.29 is 28.6 Å². The lowest BCUT2D eigenvalue weighted by molar-refractivity contribution is -0.142. The fourth-order valence-electron chi connectivity index (χ4n) is 9.27. The number of hydrogen-bond acceptors (Lipinski definition) is 12. The molecule has 0 spiro atoms. The Balaban J connectivity index is 0.837. The Kier molecular flexibility index (Phi) is 14.3. The number of aliphatic hydroxyl groups excluding tert-OH is 1. The number of carbonyl (C=O) groups is 3. The number of likely N-dealkylation sites (tertiary alicyclic amines) is 1. The first kappa shape index (κ1) is 49.4. The number of nitrogens with one attached hydrogen (secondary N) is 2. The minimum Gasteiger partial charge on any atom is -0.492 e. The molecule has 0 saturated carbocycles. The molecule has 4 aromatic heterocycles. The highest BCUT2D eigenvalue weighted by Gasteiger charge is 2.43. The molecule has 0 bridgehead atoms. The number of halogens is 2. The number of rotatable bonds is 15. The Morgan fingerprint density at radius 3 is 2.42 bits per heavy atom. The number of aryl methyl sites for hydroxylation is 3. The van der Waals surface area contributed by atoms with E-state index in [1.165, 1.54) is 21.7 Å². The molecule has 1 saturated heterocycles.